The lowest BCUT2D eigenvalue weighted by molar-refractivity contribution is -0.117. The molecule has 1 N–H and O–H groups in total. The van der Waals surface area contributed by atoms with E-state index in [9.17, 15) is 13.2 Å². The van der Waals surface area contributed by atoms with Crippen LogP contribution in [0.5, 0.6) is 0 Å². The molecule has 2 aromatic carbocycles. The number of rotatable bonds is 7. The molecule has 1 heterocycles. The van der Waals surface area contributed by atoms with E-state index >= 15 is 0 Å². The summed E-state index contributed by atoms with van der Waals surface area (Å²) in [5, 5.41) is -0.131. The second kappa shape index (κ2) is 9.26. The van der Waals surface area contributed by atoms with E-state index in [1.54, 1.807) is 24.3 Å². The van der Waals surface area contributed by atoms with Gasteiger partial charge in [0.05, 0.1) is 10.9 Å². The number of hydrogen-bond acceptors (Lipinski definition) is 6. The van der Waals surface area contributed by atoms with Crippen LogP contribution < -0.4 is 4.72 Å². The van der Waals surface area contributed by atoms with E-state index in [0.717, 1.165) is 23.1 Å². The molecule has 5 nitrogen and oxygen atoms in total. The lowest BCUT2D eigenvalue weighted by atomic mass is 9.78. The Labute approximate surface area is 187 Å². The first-order chi connectivity index (χ1) is 14.2. The molecule has 2 aromatic rings. The fraction of sp³-hybridized carbons (Fsp3) is 0.364. The Kier molecular flexibility index (Phi) is 7.12. The maximum absolute atomic E-state index is 13.3. The van der Waals surface area contributed by atoms with Gasteiger partial charge >= 0.3 is 0 Å². The Morgan fingerprint density at radius 3 is 2.30 bits per heavy atom. The first kappa shape index (κ1) is 23.1. The molecule has 0 fully saturated rings. The molecule has 8 heteroatoms. The van der Waals surface area contributed by atoms with Crippen LogP contribution in [0.2, 0.25) is 0 Å². The molecular weight excluding hydrogens is 436 g/mol. The van der Waals surface area contributed by atoms with Crippen LogP contribution in [0.15, 0.2) is 64.5 Å². The standard InChI is InChI=1S/C22H26N2O3S3/c1-5-28-21-23-22(15(2)3,20(25)29-21)19(17-9-7-6-8-10-17)24-30(26,27)18-13-11-16(4)12-14-18/h6-15,19,24H,5H2,1-4H3/t19-,22+/m1/s1. The quantitative estimate of drug-likeness (QED) is 0.640. The summed E-state index contributed by atoms with van der Waals surface area (Å²) in [5.74, 6) is 0.580. The molecule has 0 bridgehead atoms. The van der Waals surface area contributed by atoms with E-state index in [2.05, 4.69) is 4.72 Å². The highest BCUT2D eigenvalue weighted by Gasteiger charge is 2.54. The molecule has 0 saturated carbocycles. The third kappa shape index (κ3) is 4.51. The van der Waals surface area contributed by atoms with E-state index < -0.39 is 21.6 Å². The van der Waals surface area contributed by atoms with Gasteiger partial charge in [0.2, 0.25) is 15.1 Å². The summed E-state index contributed by atoms with van der Waals surface area (Å²) in [6.07, 6.45) is 0. The molecule has 0 amide bonds. The van der Waals surface area contributed by atoms with Crippen LogP contribution in [0.3, 0.4) is 0 Å². The molecule has 1 aliphatic heterocycles. The van der Waals surface area contributed by atoms with Crippen LogP contribution in [-0.2, 0) is 14.8 Å². The normalized spacial score (nSPS) is 20.4. The predicted octanol–water partition coefficient (Wildman–Crippen LogP) is 4.79. The highest BCUT2D eigenvalue weighted by atomic mass is 32.2. The largest absolute Gasteiger partial charge is 0.284 e. The smallest absolute Gasteiger partial charge is 0.241 e. The van der Waals surface area contributed by atoms with Gasteiger partial charge < -0.3 is 0 Å². The average molecular weight is 463 g/mol. The molecule has 0 saturated heterocycles. The summed E-state index contributed by atoms with van der Waals surface area (Å²) in [6, 6.07) is 15.1. The first-order valence-electron chi connectivity index (χ1n) is 9.79. The summed E-state index contributed by atoms with van der Waals surface area (Å²) < 4.78 is 30.1. The maximum atomic E-state index is 13.3. The van der Waals surface area contributed by atoms with Gasteiger partial charge in [-0.25, -0.2) is 13.1 Å². The van der Waals surface area contributed by atoms with E-state index in [1.165, 1.54) is 11.8 Å². The minimum absolute atomic E-state index is 0.131. The molecule has 0 aliphatic carbocycles. The van der Waals surface area contributed by atoms with Crippen molar-refractivity contribution in [3.63, 3.8) is 0 Å². The van der Waals surface area contributed by atoms with Gasteiger partial charge in [0, 0.05) is 0 Å². The molecule has 160 valence electrons. The summed E-state index contributed by atoms with van der Waals surface area (Å²) in [4.78, 5) is 18.3. The number of sulfonamides is 1. The second-order valence-electron chi connectivity index (χ2n) is 7.46. The lowest BCUT2D eigenvalue weighted by Gasteiger charge is -2.36. The van der Waals surface area contributed by atoms with Crippen molar-refractivity contribution in [3.8, 4) is 0 Å². The van der Waals surface area contributed by atoms with Crippen molar-refractivity contribution in [1.29, 1.82) is 0 Å². The molecule has 30 heavy (non-hydrogen) atoms. The van der Waals surface area contributed by atoms with E-state index in [4.69, 9.17) is 4.99 Å². The van der Waals surface area contributed by atoms with E-state index in [-0.39, 0.29) is 15.9 Å². The second-order valence-corrected chi connectivity index (χ2v) is 11.6. The van der Waals surface area contributed by atoms with E-state index in [0.29, 0.717) is 9.94 Å². The Morgan fingerprint density at radius 2 is 1.73 bits per heavy atom. The van der Waals surface area contributed by atoms with Gasteiger partial charge in [-0.05, 0) is 48.1 Å². The van der Waals surface area contributed by atoms with Gasteiger partial charge in [0.25, 0.3) is 0 Å². The van der Waals surface area contributed by atoms with Crippen molar-refractivity contribution in [2.24, 2.45) is 10.9 Å². The number of nitrogens with zero attached hydrogens (tertiary/aromatic N) is 1. The van der Waals surface area contributed by atoms with Crippen molar-refractivity contribution in [2.45, 2.75) is 44.2 Å². The number of nitrogens with one attached hydrogen (secondary N) is 1. The van der Waals surface area contributed by atoms with Crippen LogP contribution in [-0.4, -0.2) is 29.2 Å². The lowest BCUT2D eigenvalue weighted by Crippen LogP contribution is -2.51. The minimum Gasteiger partial charge on any atom is -0.284 e. The first-order valence-corrected chi connectivity index (χ1v) is 13.1. The molecular formula is C22H26N2O3S3. The van der Waals surface area contributed by atoms with Gasteiger partial charge in [-0.15, -0.1) is 0 Å². The van der Waals surface area contributed by atoms with Crippen molar-refractivity contribution >= 4 is 43.0 Å². The molecule has 1 aliphatic rings. The Morgan fingerprint density at radius 1 is 1.10 bits per heavy atom. The van der Waals surface area contributed by atoms with Gasteiger partial charge in [0.15, 0.2) is 5.54 Å². The monoisotopic (exact) mass is 462 g/mol. The fourth-order valence-electron chi connectivity index (χ4n) is 3.44. The Balaban J connectivity index is 2.13. The SMILES string of the molecule is CCSC1=N[C@@](C(C)C)([C@H](NS(=O)(=O)c2ccc(C)cc2)c2ccccc2)C(=O)S1. The van der Waals surface area contributed by atoms with Crippen molar-refractivity contribution in [2.75, 3.05) is 5.75 Å². The minimum atomic E-state index is -3.87. The van der Waals surface area contributed by atoms with Crippen molar-refractivity contribution < 1.29 is 13.2 Å². The van der Waals surface area contributed by atoms with Crippen molar-refractivity contribution in [3.05, 3.63) is 65.7 Å². The number of benzene rings is 2. The Hall–Kier alpha value is -1.61. The third-order valence-electron chi connectivity index (χ3n) is 5.11. The number of carbonyl (C=O) groups is 1. The number of aliphatic imine (C=N–C) groups is 1. The van der Waals surface area contributed by atoms with Crippen molar-refractivity contribution in [1.82, 2.24) is 4.72 Å². The summed E-state index contributed by atoms with van der Waals surface area (Å²) >= 11 is 2.62. The number of carbonyl (C=O) groups excluding carboxylic acids is 1. The molecule has 0 unspecified atom stereocenters. The third-order valence-corrected chi connectivity index (χ3v) is 8.56. The fourth-order valence-corrected chi connectivity index (χ4v) is 6.90. The number of thioether (sulfide) groups is 2. The summed E-state index contributed by atoms with van der Waals surface area (Å²) in [5.41, 5.74) is 0.462. The highest BCUT2D eigenvalue weighted by Crippen LogP contribution is 2.47. The summed E-state index contributed by atoms with van der Waals surface area (Å²) in [7, 11) is -3.87. The van der Waals surface area contributed by atoms with Crippen LogP contribution in [0.25, 0.3) is 0 Å². The van der Waals surface area contributed by atoms with E-state index in [1.807, 2.05) is 58.0 Å². The van der Waals surface area contributed by atoms with Crippen LogP contribution in [0.4, 0.5) is 0 Å². The van der Waals surface area contributed by atoms with Crippen LogP contribution in [0, 0.1) is 12.8 Å². The Bertz CT molecular complexity index is 1040. The van der Waals surface area contributed by atoms with Crippen LogP contribution >= 0.6 is 23.5 Å². The number of hydrogen-bond donors (Lipinski definition) is 1. The van der Waals surface area contributed by atoms with Gasteiger partial charge in [0.1, 0.15) is 4.38 Å². The molecule has 0 spiro atoms. The zero-order chi connectivity index (χ0) is 21.9. The number of aryl methyl sites for hydroxylation is 1. The molecule has 0 aromatic heterocycles. The topological polar surface area (TPSA) is 75.6 Å². The maximum Gasteiger partial charge on any atom is 0.241 e. The highest BCUT2D eigenvalue weighted by molar-refractivity contribution is 8.45. The van der Waals surface area contributed by atoms with Crippen LogP contribution in [0.1, 0.15) is 37.9 Å². The molecule has 0 radical (unpaired) electrons. The molecule has 3 rings (SSSR count). The average Bonchev–Trinajstić information content (AvgIpc) is 3.04. The van der Waals surface area contributed by atoms with Gasteiger partial charge in [-0.1, -0.05) is 80.6 Å². The zero-order valence-electron chi connectivity index (χ0n) is 17.5. The van der Waals surface area contributed by atoms with Gasteiger partial charge in [-0.2, -0.15) is 0 Å². The predicted molar refractivity (Wildman–Crippen MR) is 126 cm³/mol. The summed E-state index contributed by atoms with van der Waals surface area (Å²) in [6.45, 7) is 7.73. The molecule has 2 atom stereocenters. The zero-order valence-corrected chi connectivity index (χ0v) is 19.9. The van der Waals surface area contributed by atoms with Gasteiger partial charge in [-0.3, -0.25) is 9.79 Å².